The van der Waals surface area contributed by atoms with Crippen molar-refractivity contribution in [3.63, 3.8) is 0 Å². The van der Waals surface area contributed by atoms with Crippen LogP contribution in [-0.4, -0.2) is 30.1 Å². The number of amides is 2. The lowest BCUT2D eigenvalue weighted by Gasteiger charge is -2.30. The first-order valence-corrected chi connectivity index (χ1v) is 6.30. The van der Waals surface area contributed by atoms with Crippen molar-refractivity contribution in [2.45, 2.75) is 51.9 Å². The Kier molecular flexibility index (Phi) is 4.81. The minimum Gasteiger partial charge on any atom is -0.353 e. The van der Waals surface area contributed by atoms with Crippen LogP contribution >= 0.6 is 0 Å². The Morgan fingerprint density at radius 2 is 1.89 bits per heavy atom. The summed E-state index contributed by atoms with van der Waals surface area (Å²) in [4.78, 5) is 23.4. The van der Waals surface area contributed by atoms with Crippen LogP contribution < -0.4 is 10.6 Å². The van der Waals surface area contributed by atoms with Gasteiger partial charge in [0, 0.05) is 6.04 Å². The maximum absolute atomic E-state index is 12.4. The Hall–Kier alpha value is -1.27. The molecule has 0 unspecified atom stereocenters. The Morgan fingerprint density at radius 1 is 1.32 bits per heavy atom. The predicted octanol–water partition coefficient (Wildman–Crippen LogP) is 1.60. The van der Waals surface area contributed by atoms with Crippen LogP contribution in [0.1, 0.15) is 33.6 Å². The monoisotopic (exact) mass is 280 g/mol. The molecular formula is C12H19F3N2O2. The molecule has 0 saturated carbocycles. The molecule has 110 valence electrons. The number of nitrogens with one attached hydrogen (secondary N) is 2. The van der Waals surface area contributed by atoms with Crippen LogP contribution in [0.5, 0.6) is 0 Å². The number of hydrogen-bond donors (Lipinski definition) is 2. The van der Waals surface area contributed by atoms with Gasteiger partial charge in [-0.05, 0) is 25.7 Å². The molecule has 1 heterocycles. The van der Waals surface area contributed by atoms with Gasteiger partial charge in [0.15, 0.2) is 0 Å². The number of carbonyl (C=O) groups is 2. The first kappa shape index (κ1) is 15.8. The molecule has 0 radical (unpaired) electrons. The van der Waals surface area contributed by atoms with Gasteiger partial charge in [-0.3, -0.25) is 9.59 Å². The van der Waals surface area contributed by atoms with Crippen LogP contribution in [0.3, 0.4) is 0 Å². The average molecular weight is 280 g/mol. The van der Waals surface area contributed by atoms with E-state index in [9.17, 15) is 22.8 Å². The van der Waals surface area contributed by atoms with Crippen molar-refractivity contribution in [3.05, 3.63) is 0 Å². The molecule has 1 rings (SSSR count). The lowest BCUT2D eigenvalue weighted by atomic mass is 9.92. The molecule has 19 heavy (non-hydrogen) atoms. The van der Waals surface area contributed by atoms with E-state index in [2.05, 4.69) is 5.32 Å². The van der Waals surface area contributed by atoms with E-state index < -0.39 is 30.0 Å². The number of piperidine rings is 1. The Morgan fingerprint density at radius 3 is 2.32 bits per heavy atom. The van der Waals surface area contributed by atoms with Crippen molar-refractivity contribution in [2.75, 3.05) is 0 Å². The summed E-state index contributed by atoms with van der Waals surface area (Å²) in [5.74, 6) is -2.18. The van der Waals surface area contributed by atoms with Gasteiger partial charge in [-0.25, -0.2) is 0 Å². The van der Waals surface area contributed by atoms with Crippen LogP contribution in [-0.2, 0) is 9.59 Å². The third kappa shape index (κ3) is 4.11. The fourth-order valence-electron chi connectivity index (χ4n) is 1.80. The molecule has 0 aromatic rings. The highest BCUT2D eigenvalue weighted by atomic mass is 19.4. The molecule has 1 fully saturated rings. The van der Waals surface area contributed by atoms with E-state index in [0.717, 1.165) is 0 Å². The number of carbonyl (C=O) groups excluding carboxylic acids is 2. The Balaban J connectivity index is 2.59. The zero-order chi connectivity index (χ0) is 14.8. The van der Waals surface area contributed by atoms with Gasteiger partial charge in [0.2, 0.25) is 11.8 Å². The van der Waals surface area contributed by atoms with E-state index in [0.29, 0.717) is 0 Å². The smallest absolute Gasteiger partial charge is 0.353 e. The molecule has 4 nitrogen and oxygen atoms in total. The first-order chi connectivity index (χ1) is 8.62. The molecule has 1 aliphatic heterocycles. The zero-order valence-electron chi connectivity index (χ0n) is 11.2. The SMILES string of the molecule is CC(C)[C@H](C)NC(=O)[C@@H]1CC[C@H](C(F)(F)F)NC1=O. The van der Waals surface area contributed by atoms with Crippen LogP contribution in [0, 0.1) is 11.8 Å². The highest BCUT2D eigenvalue weighted by Crippen LogP contribution is 2.28. The van der Waals surface area contributed by atoms with Crippen molar-refractivity contribution in [2.24, 2.45) is 11.8 Å². The summed E-state index contributed by atoms with van der Waals surface area (Å²) in [5.41, 5.74) is 0. The van der Waals surface area contributed by atoms with Gasteiger partial charge in [0.05, 0.1) is 0 Å². The normalized spacial score (nSPS) is 25.9. The largest absolute Gasteiger partial charge is 0.408 e. The predicted molar refractivity (Wildman–Crippen MR) is 63.2 cm³/mol. The van der Waals surface area contributed by atoms with Gasteiger partial charge in [-0.2, -0.15) is 13.2 Å². The minimum atomic E-state index is -4.46. The van der Waals surface area contributed by atoms with Crippen LogP contribution in [0.15, 0.2) is 0 Å². The highest BCUT2D eigenvalue weighted by molar-refractivity contribution is 6.01. The van der Waals surface area contributed by atoms with Crippen molar-refractivity contribution in [1.29, 1.82) is 0 Å². The third-order valence-corrected chi connectivity index (χ3v) is 3.46. The van der Waals surface area contributed by atoms with E-state index in [4.69, 9.17) is 0 Å². The fourth-order valence-corrected chi connectivity index (χ4v) is 1.80. The van der Waals surface area contributed by atoms with Gasteiger partial charge in [-0.15, -0.1) is 0 Å². The molecule has 0 bridgehead atoms. The summed E-state index contributed by atoms with van der Waals surface area (Å²) in [6.45, 7) is 5.61. The molecule has 0 aromatic carbocycles. The second-order valence-corrected chi connectivity index (χ2v) is 5.27. The van der Waals surface area contributed by atoms with Gasteiger partial charge in [-0.1, -0.05) is 13.8 Å². The minimum absolute atomic E-state index is 0.0767. The van der Waals surface area contributed by atoms with Gasteiger partial charge in [0.1, 0.15) is 12.0 Å². The molecule has 0 aromatic heterocycles. The Labute approximate surface area is 110 Å². The summed E-state index contributed by atoms with van der Waals surface area (Å²) in [6.07, 6.45) is -4.79. The van der Waals surface area contributed by atoms with E-state index in [-0.39, 0.29) is 24.8 Å². The van der Waals surface area contributed by atoms with Gasteiger partial charge >= 0.3 is 6.18 Å². The summed E-state index contributed by atoms with van der Waals surface area (Å²) in [5, 5.41) is 4.52. The van der Waals surface area contributed by atoms with Gasteiger partial charge in [0.25, 0.3) is 0 Å². The van der Waals surface area contributed by atoms with Gasteiger partial charge < -0.3 is 10.6 Å². The van der Waals surface area contributed by atoms with E-state index >= 15 is 0 Å². The van der Waals surface area contributed by atoms with Crippen LogP contribution in [0.2, 0.25) is 0 Å². The number of halogens is 3. The third-order valence-electron chi connectivity index (χ3n) is 3.46. The lowest BCUT2D eigenvalue weighted by molar-refractivity contribution is -0.171. The summed E-state index contributed by atoms with van der Waals surface area (Å²) in [7, 11) is 0. The summed E-state index contributed by atoms with van der Waals surface area (Å²) in [6, 6.07) is -1.97. The van der Waals surface area contributed by atoms with Crippen LogP contribution in [0.4, 0.5) is 13.2 Å². The first-order valence-electron chi connectivity index (χ1n) is 6.30. The Bertz CT molecular complexity index is 355. The zero-order valence-corrected chi connectivity index (χ0v) is 11.2. The second-order valence-electron chi connectivity index (χ2n) is 5.27. The molecule has 0 aliphatic carbocycles. The van der Waals surface area contributed by atoms with Crippen molar-refractivity contribution < 1.29 is 22.8 Å². The van der Waals surface area contributed by atoms with Crippen molar-refractivity contribution in [3.8, 4) is 0 Å². The summed E-state index contributed by atoms with van der Waals surface area (Å²) < 4.78 is 37.3. The lowest BCUT2D eigenvalue weighted by Crippen LogP contribution is -2.55. The standard InChI is InChI=1S/C12H19F3N2O2/c1-6(2)7(3)16-10(18)8-4-5-9(12(13,14)15)17-11(8)19/h6-9H,4-5H2,1-3H3,(H,16,18)(H,17,19)/t7-,8-,9+/m0/s1. The number of rotatable bonds is 3. The van der Waals surface area contributed by atoms with Crippen molar-refractivity contribution in [1.82, 2.24) is 10.6 Å². The fraction of sp³-hybridized carbons (Fsp3) is 0.833. The summed E-state index contributed by atoms with van der Waals surface area (Å²) >= 11 is 0. The average Bonchev–Trinajstić information content (AvgIpc) is 2.27. The van der Waals surface area contributed by atoms with Crippen molar-refractivity contribution >= 4 is 11.8 Å². The molecule has 1 aliphatic rings. The molecule has 1 saturated heterocycles. The molecular weight excluding hydrogens is 261 g/mol. The molecule has 7 heteroatoms. The maximum atomic E-state index is 12.4. The maximum Gasteiger partial charge on any atom is 0.408 e. The second kappa shape index (κ2) is 5.79. The quantitative estimate of drug-likeness (QED) is 0.772. The molecule has 3 atom stereocenters. The highest BCUT2D eigenvalue weighted by Gasteiger charge is 2.45. The molecule has 0 spiro atoms. The molecule has 2 N–H and O–H groups in total. The van der Waals surface area contributed by atoms with E-state index in [1.165, 1.54) is 0 Å². The number of hydrogen-bond acceptors (Lipinski definition) is 2. The number of alkyl halides is 3. The molecule has 2 amide bonds. The van der Waals surface area contributed by atoms with E-state index in [1.807, 2.05) is 19.2 Å². The van der Waals surface area contributed by atoms with E-state index in [1.54, 1.807) is 6.92 Å². The van der Waals surface area contributed by atoms with Crippen LogP contribution in [0.25, 0.3) is 0 Å². The topological polar surface area (TPSA) is 58.2 Å².